The first-order chi connectivity index (χ1) is 8.79. The van der Waals surface area contributed by atoms with Crippen molar-refractivity contribution in [3.05, 3.63) is 35.4 Å². The number of methoxy groups -OCH3 is 1. The molecule has 0 radical (unpaired) electrons. The minimum Gasteiger partial charge on any atom is -0.465 e. The van der Waals surface area contributed by atoms with Gasteiger partial charge >= 0.3 is 5.97 Å². The molecule has 2 rings (SSSR count). The van der Waals surface area contributed by atoms with Crippen molar-refractivity contribution in [3.8, 4) is 0 Å². The number of nitrogens with one attached hydrogen (secondary N) is 2. The number of carbonyl (C=O) groups excluding carboxylic acids is 1. The molecular formula is C14H22Cl2N2O2. The van der Waals surface area contributed by atoms with E-state index in [1.54, 1.807) is 6.07 Å². The highest BCUT2D eigenvalue weighted by Gasteiger charge is 2.12. The van der Waals surface area contributed by atoms with Crippen LogP contribution in [0.25, 0.3) is 0 Å². The zero-order valence-corrected chi connectivity index (χ0v) is 13.2. The van der Waals surface area contributed by atoms with Gasteiger partial charge in [-0.05, 0) is 43.6 Å². The molecule has 0 spiro atoms. The van der Waals surface area contributed by atoms with E-state index in [0.717, 1.165) is 38.0 Å². The van der Waals surface area contributed by atoms with Crippen molar-refractivity contribution >= 4 is 30.8 Å². The fourth-order valence-corrected chi connectivity index (χ4v) is 2.21. The predicted molar refractivity (Wildman–Crippen MR) is 85.0 cm³/mol. The molecule has 1 aliphatic heterocycles. The maximum Gasteiger partial charge on any atom is 0.337 e. The molecule has 2 N–H and O–H groups in total. The van der Waals surface area contributed by atoms with Gasteiger partial charge < -0.3 is 15.4 Å². The molecule has 1 heterocycles. The van der Waals surface area contributed by atoms with Crippen LogP contribution in [0.1, 0.15) is 28.8 Å². The summed E-state index contributed by atoms with van der Waals surface area (Å²) in [6.07, 6.45) is 2.33. The van der Waals surface area contributed by atoms with Gasteiger partial charge in [0.25, 0.3) is 0 Å². The molecule has 0 aliphatic carbocycles. The number of hydrogen-bond donors (Lipinski definition) is 2. The van der Waals surface area contributed by atoms with Crippen molar-refractivity contribution in [2.24, 2.45) is 0 Å². The Bertz CT molecular complexity index is 410. The second kappa shape index (κ2) is 10.00. The summed E-state index contributed by atoms with van der Waals surface area (Å²) in [6.45, 7) is 2.97. The first-order valence-electron chi connectivity index (χ1n) is 6.41. The van der Waals surface area contributed by atoms with Gasteiger partial charge in [-0.2, -0.15) is 0 Å². The lowest BCUT2D eigenvalue weighted by molar-refractivity contribution is 0.0600. The molecule has 1 aromatic carbocycles. The fraction of sp³-hybridized carbons (Fsp3) is 0.500. The Kier molecular flexibility index (Phi) is 9.59. The van der Waals surface area contributed by atoms with Crippen LogP contribution < -0.4 is 10.6 Å². The van der Waals surface area contributed by atoms with Crippen molar-refractivity contribution in [3.63, 3.8) is 0 Å². The number of rotatable bonds is 4. The average Bonchev–Trinajstić information content (AvgIpc) is 2.45. The summed E-state index contributed by atoms with van der Waals surface area (Å²) < 4.78 is 4.72. The lowest BCUT2D eigenvalue weighted by Crippen LogP contribution is -2.39. The van der Waals surface area contributed by atoms with Crippen LogP contribution in [0, 0.1) is 0 Å². The van der Waals surface area contributed by atoms with Crippen molar-refractivity contribution in [1.82, 2.24) is 10.6 Å². The molecule has 114 valence electrons. The lowest BCUT2D eigenvalue weighted by Gasteiger charge is -2.23. The van der Waals surface area contributed by atoms with Crippen LogP contribution in [0.2, 0.25) is 0 Å². The molecule has 0 atom stereocenters. The Labute approximate surface area is 132 Å². The summed E-state index contributed by atoms with van der Waals surface area (Å²) in [5.74, 6) is -0.279. The number of esters is 1. The van der Waals surface area contributed by atoms with E-state index in [-0.39, 0.29) is 30.8 Å². The summed E-state index contributed by atoms with van der Waals surface area (Å²) in [6, 6.07) is 8.17. The average molecular weight is 321 g/mol. The monoisotopic (exact) mass is 320 g/mol. The van der Waals surface area contributed by atoms with Gasteiger partial charge in [0.15, 0.2) is 0 Å². The van der Waals surface area contributed by atoms with Crippen molar-refractivity contribution in [1.29, 1.82) is 0 Å². The van der Waals surface area contributed by atoms with Crippen LogP contribution in [0.5, 0.6) is 0 Å². The zero-order valence-electron chi connectivity index (χ0n) is 11.6. The standard InChI is InChI=1S/C14H20N2O2.2ClH/c1-18-14(17)12-4-2-3-11(9-12)10-16-13-5-7-15-8-6-13;;/h2-4,9,13,15-16H,5-8,10H2,1H3;2*1H. The molecule has 0 amide bonds. The Hall–Kier alpha value is -0.810. The van der Waals surface area contributed by atoms with Gasteiger partial charge in [0.05, 0.1) is 12.7 Å². The van der Waals surface area contributed by atoms with Crippen molar-refractivity contribution < 1.29 is 9.53 Å². The van der Waals surface area contributed by atoms with Gasteiger partial charge in [-0.25, -0.2) is 4.79 Å². The van der Waals surface area contributed by atoms with E-state index in [9.17, 15) is 4.79 Å². The maximum atomic E-state index is 11.4. The summed E-state index contributed by atoms with van der Waals surface area (Å²) >= 11 is 0. The third-order valence-electron chi connectivity index (χ3n) is 3.28. The molecule has 0 unspecified atom stereocenters. The quantitative estimate of drug-likeness (QED) is 0.835. The number of benzene rings is 1. The SMILES string of the molecule is COC(=O)c1cccc(CNC2CCNCC2)c1.Cl.Cl. The predicted octanol–water partition coefficient (Wildman–Crippen LogP) is 2.16. The highest BCUT2D eigenvalue weighted by Crippen LogP contribution is 2.08. The molecule has 0 aromatic heterocycles. The van der Waals surface area contributed by atoms with Crippen LogP contribution in [-0.4, -0.2) is 32.2 Å². The van der Waals surface area contributed by atoms with E-state index in [1.165, 1.54) is 7.11 Å². The normalized spacial score (nSPS) is 14.8. The molecule has 4 nitrogen and oxygen atoms in total. The van der Waals surface area contributed by atoms with Crippen LogP contribution in [0.15, 0.2) is 24.3 Å². The smallest absolute Gasteiger partial charge is 0.337 e. The summed E-state index contributed by atoms with van der Waals surface area (Å²) in [4.78, 5) is 11.4. The molecule has 0 bridgehead atoms. The van der Waals surface area contributed by atoms with Crippen LogP contribution >= 0.6 is 24.8 Å². The van der Waals surface area contributed by atoms with Crippen molar-refractivity contribution in [2.45, 2.75) is 25.4 Å². The van der Waals surface area contributed by atoms with Gasteiger partial charge in [0.2, 0.25) is 0 Å². The van der Waals surface area contributed by atoms with E-state index >= 15 is 0 Å². The molecule has 1 aliphatic rings. The largest absolute Gasteiger partial charge is 0.465 e. The van der Waals surface area contributed by atoms with Gasteiger partial charge in [-0.1, -0.05) is 12.1 Å². The zero-order chi connectivity index (χ0) is 12.8. The Morgan fingerprint density at radius 1 is 1.35 bits per heavy atom. The van der Waals surface area contributed by atoms with Gasteiger partial charge in [0, 0.05) is 12.6 Å². The van der Waals surface area contributed by atoms with Crippen LogP contribution in [-0.2, 0) is 11.3 Å². The van der Waals surface area contributed by atoms with Gasteiger partial charge in [0.1, 0.15) is 0 Å². The maximum absolute atomic E-state index is 11.4. The number of piperidine rings is 1. The molecule has 1 fully saturated rings. The second-order valence-electron chi connectivity index (χ2n) is 4.60. The highest BCUT2D eigenvalue weighted by molar-refractivity contribution is 5.89. The Morgan fingerprint density at radius 3 is 2.70 bits per heavy atom. The third kappa shape index (κ3) is 5.67. The molecule has 20 heavy (non-hydrogen) atoms. The van der Waals surface area contributed by atoms with E-state index < -0.39 is 0 Å². The highest BCUT2D eigenvalue weighted by atomic mass is 35.5. The molecule has 0 saturated carbocycles. The van der Waals surface area contributed by atoms with Gasteiger partial charge in [-0.3, -0.25) is 0 Å². The number of carbonyl (C=O) groups is 1. The number of halogens is 2. The fourth-order valence-electron chi connectivity index (χ4n) is 2.21. The number of hydrogen-bond acceptors (Lipinski definition) is 4. The molecule has 1 saturated heterocycles. The second-order valence-corrected chi connectivity index (χ2v) is 4.60. The minimum absolute atomic E-state index is 0. The third-order valence-corrected chi connectivity index (χ3v) is 3.28. The van der Waals surface area contributed by atoms with Crippen molar-refractivity contribution in [2.75, 3.05) is 20.2 Å². The molecular weight excluding hydrogens is 299 g/mol. The molecule has 6 heteroatoms. The summed E-state index contributed by atoms with van der Waals surface area (Å²) in [5.41, 5.74) is 1.73. The Morgan fingerprint density at radius 2 is 2.05 bits per heavy atom. The summed E-state index contributed by atoms with van der Waals surface area (Å²) in [7, 11) is 1.41. The minimum atomic E-state index is -0.279. The van der Waals surface area contributed by atoms with E-state index in [4.69, 9.17) is 4.74 Å². The van der Waals surface area contributed by atoms with E-state index in [1.807, 2.05) is 18.2 Å². The van der Waals surface area contributed by atoms with Crippen LogP contribution in [0.4, 0.5) is 0 Å². The van der Waals surface area contributed by atoms with E-state index in [0.29, 0.717) is 11.6 Å². The first kappa shape index (κ1) is 19.2. The summed E-state index contributed by atoms with van der Waals surface area (Å²) in [5, 5.41) is 6.87. The van der Waals surface area contributed by atoms with E-state index in [2.05, 4.69) is 10.6 Å². The van der Waals surface area contributed by atoms with Crippen LogP contribution in [0.3, 0.4) is 0 Å². The first-order valence-corrected chi connectivity index (χ1v) is 6.41. The number of ether oxygens (including phenoxy) is 1. The Balaban J connectivity index is 0.00000180. The van der Waals surface area contributed by atoms with Gasteiger partial charge in [-0.15, -0.1) is 24.8 Å². The lowest BCUT2D eigenvalue weighted by atomic mass is 10.1. The topological polar surface area (TPSA) is 50.4 Å². The molecule has 1 aromatic rings.